The summed E-state index contributed by atoms with van der Waals surface area (Å²) < 4.78 is 6.07. The molecular weight excluding hydrogens is 232 g/mol. The summed E-state index contributed by atoms with van der Waals surface area (Å²) in [5, 5.41) is 13.7. The van der Waals surface area contributed by atoms with Crippen LogP contribution in [0.4, 0.5) is 0 Å². The van der Waals surface area contributed by atoms with Crippen LogP contribution in [0.3, 0.4) is 0 Å². The first-order valence-corrected chi connectivity index (χ1v) is 5.62. The van der Waals surface area contributed by atoms with Crippen LogP contribution in [-0.4, -0.2) is 5.91 Å². The topological polar surface area (TPSA) is 69.2 Å². The third-order valence-corrected chi connectivity index (χ3v) is 2.60. The number of amides is 1. The van der Waals surface area contributed by atoms with Gasteiger partial charge in [0, 0.05) is 12.1 Å². The van der Waals surface area contributed by atoms with Crippen molar-refractivity contribution in [3.8, 4) is 0 Å². The minimum atomic E-state index is -0.239. The number of furan rings is 1. The Morgan fingerprint density at radius 3 is 2.56 bits per heavy atom. The molecule has 94 valence electrons. The third-order valence-electron chi connectivity index (χ3n) is 2.60. The number of aryl methyl sites for hydroxylation is 1. The fourth-order valence-electron chi connectivity index (χ4n) is 1.60. The Hall–Kier alpha value is -2.30. The molecule has 0 spiro atoms. The van der Waals surface area contributed by atoms with E-state index in [4.69, 9.17) is 4.42 Å². The number of nitrogens with one attached hydrogen (secondary N) is 1. The summed E-state index contributed by atoms with van der Waals surface area (Å²) >= 11 is 0. The molecule has 2 heterocycles. The lowest BCUT2D eigenvalue weighted by atomic mass is 10.2. The minimum Gasteiger partial charge on any atom is -0.619 e. The quantitative estimate of drug-likeness (QED) is 0.662. The van der Waals surface area contributed by atoms with Gasteiger partial charge in [-0.2, -0.15) is 4.73 Å². The van der Waals surface area contributed by atoms with Crippen LogP contribution in [0.1, 0.15) is 34.8 Å². The number of pyridine rings is 1. The molecule has 0 aliphatic rings. The van der Waals surface area contributed by atoms with Gasteiger partial charge in [-0.15, -0.1) is 0 Å². The molecule has 0 radical (unpaired) electrons. The van der Waals surface area contributed by atoms with E-state index >= 15 is 0 Å². The summed E-state index contributed by atoms with van der Waals surface area (Å²) in [5.74, 6) is 1.27. The van der Waals surface area contributed by atoms with Crippen molar-refractivity contribution < 1.29 is 13.9 Å². The van der Waals surface area contributed by atoms with Crippen molar-refractivity contribution in [2.75, 3.05) is 0 Å². The van der Waals surface area contributed by atoms with Gasteiger partial charge in [0.05, 0.1) is 11.6 Å². The molecule has 2 rings (SSSR count). The van der Waals surface area contributed by atoms with Gasteiger partial charge < -0.3 is 14.9 Å². The van der Waals surface area contributed by atoms with E-state index in [2.05, 4.69) is 5.32 Å². The van der Waals surface area contributed by atoms with Gasteiger partial charge in [0.25, 0.3) is 5.91 Å². The van der Waals surface area contributed by atoms with Crippen molar-refractivity contribution in [1.29, 1.82) is 0 Å². The maximum Gasteiger partial charge on any atom is 0.252 e. The predicted octanol–water partition coefficient (Wildman–Crippen LogP) is 1.71. The van der Waals surface area contributed by atoms with E-state index in [1.807, 2.05) is 26.0 Å². The van der Waals surface area contributed by atoms with E-state index in [1.165, 1.54) is 24.5 Å². The third kappa shape index (κ3) is 2.68. The predicted molar refractivity (Wildman–Crippen MR) is 64.7 cm³/mol. The average molecular weight is 246 g/mol. The molecule has 0 aromatic carbocycles. The van der Waals surface area contributed by atoms with Crippen LogP contribution in [0.15, 0.2) is 41.1 Å². The lowest BCUT2D eigenvalue weighted by Crippen LogP contribution is -2.29. The normalized spacial score (nSPS) is 12.1. The number of rotatable bonds is 3. The molecule has 1 amide bonds. The van der Waals surface area contributed by atoms with Crippen molar-refractivity contribution in [3.63, 3.8) is 0 Å². The molecule has 1 atom stereocenters. The van der Waals surface area contributed by atoms with Crippen LogP contribution in [0, 0.1) is 12.1 Å². The molecule has 0 fully saturated rings. The van der Waals surface area contributed by atoms with Crippen LogP contribution in [-0.2, 0) is 0 Å². The van der Waals surface area contributed by atoms with Crippen LogP contribution in [0.25, 0.3) is 0 Å². The number of carbonyl (C=O) groups is 1. The van der Waals surface area contributed by atoms with Crippen molar-refractivity contribution in [3.05, 3.63) is 59.0 Å². The summed E-state index contributed by atoms with van der Waals surface area (Å²) in [6.07, 6.45) is 2.58. The van der Waals surface area contributed by atoms with Crippen LogP contribution >= 0.6 is 0 Å². The largest absolute Gasteiger partial charge is 0.619 e. The first-order chi connectivity index (χ1) is 8.56. The fourth-order valence-corrected chi connectivity index (χ4v) is 1.60. The van der Waals surface area contributed by atoms with Crippen molar-refractivity contribution >= 4 is 5.91 Å². The Bertz CT molecular complexity index is 546. The SMILES string of the molecule is Cc1ccc(C(C)NC(=O)c2cc[n+]([O-])cc2)o1. The van der Waals surface area contributed by atoms with Gasteiger partial charge in [-0.1, -0.05) is 0 Å². The summed E-state index contributed by atoms with van der Waals surface area (Å²) in [7, 11) is 0. The first kappa shape index (κ1) is 12.2. The number of aromatic nitrogens is 1. The van der Waals surface area contributed by atoms with Gasteiger partial charge in [0.1, 0.15) is 11.5 Å². The van der Waals surface area contributed by atoms with Gasteiger partial charge in [-0.05, 0) is 26.0 Å². The standard InChI is InChI=1S/C13H14N2O3/c1-9-3-4-12(18-9)10(2)14-13(16)11-5-7-15(17)8-6-11/h3-8,10H,1-2H3,(H,14,16). The zero-order valence-corrected chi connectivity index (χ0v) is 10.2. The zero-order chi connectivity index (χ0) is 13.1. The van der Waals surface area contributed by atoms with Gasteiger partial charge in [0.2, 0.25) is 0 Å². The summed E-state index contributed by atoms with van der Waals surface area (Å²) in [4.78, 5) is 11.9. The van der Waals surface area contributed by atoms with Crippen molar-refractivity contribution in [2.24, 2.45) is 0 Å². The van der Waals surface area contributed by atoms with Crippen LogP contribution < -0.4 is 10.0 Å². The Balaban J connectivity index is 2.05. The number of nitrogens with zero attached hydrogens (tertiary/aromatic N) is 1. The second-order valence-corrected chi connectivity index (χ2v) is 4.09. The highest BCUT2D eigenvalue weighted by atomic mass is 16.5. The highest BCUT2D eigenvalue weighted by molar-refractivity contribution is 5.94. The molecule has 2 aromatic rings. The molecular formula is C13H14N2O3. The Morgan fingerprint density at radius 2 is 2.00 bits per heavy atom. The second-order valence-electron chi connectivity index (χ2n) is 4.09. The summed E-state index contributed by atoms with van der Waals surface area (Å²) in [6, 6.07) is 6.41. The molecule has 5 nitrogen and oxygen atoms in total. The summed E-state index contributed by atoms with van der Waals surface area (Å²) in [5.41, 5.74) is 0.442. The van der Waals surface area contributed by atoms with Gasteiger partial charge in [0.15, 0.2) is 12.4 Å². The van der Waals surface area contributed by atoms with Gasteiger partial charge in [-0.25, -0.2) is 0 Å². The summed E-state index contributed by atoms with van der Waals surface area (Å²) in [6.45, 7) is 3.69. The fraction of sp³-hybridized carbons (Fsp3) is 0.231. The Morgan fingerprint density at radius 1 is 1.33 bits per heavy atom. The van der Waals surface area contributed by atoms with Crippen LogP contribution in [0.2, 0.25) is 0 Å². The molecule has 0 saturated carbocycles. The molecule has 5 heteroatoms. The number of carbonyl (C=O) groups excluding carboxylic acids is 1. The lowest BCUT2D eigenvalue weighted by molar-refractivity contribution is -0.605. The van der Waals surface area contributed by atoms with E-state index in [0.29, 0.717) is 16.1 Å². The van der Waals surface area contributed by atoms with E-state index < -0.39 is 0 Å². The Kier molecular flexibility index (Phi) is 3.32. The number of hydrogen-bond donors (Lipinski definition) is 1. The molecule has 0 aliphatic carbocycles. The maximum atomic E-state index is 11.9. The van der Waals surface area contributed by atoms with E-state index in [0.717, 1.165) is 5.76 Å². The van der Waals surface area contributed by atoms with Crippen molar-refractivity contribution in [2.45, 2.75) is 19.9 Å². The second kappa shape index (κ2) is 4.91. The van der Waals surface area contributed by atoms with Gasteiger partial charge >= 0.3 is 0 Å². The van der Waals surface area contributed by atoms with Gasteiger partial charge in [-0.3, -0.25) is 4.79 Å². The first-order valence-electron chi connectivity index (χ1n) is 5.62. The van der Waals surface area contributed by atoms with Crippen LogP contribution in [0.5, 0.6) is 0 Å². The smallest absolute Gasteiger partial charge is 0.252 e. The minimum absolute atomic E-state index is 0.217. The van der Waals surface area contributed by atoms with Crippen molar-refractivity contribution in [1.82, 2.24) is 5.32 Å². The number of hydrogen-bond acceptors (Lipinski definition) is 3. The highest BCUT2D eigenvalue weighted by Crippen LogP contribution is 2.15. The molecule has 2 aromatic heterocycles. The molecule has 0 bridgehead atoms. The molecule has 1 unspecified atom stereocenters. The molecule has 0 aliphatic heterocycles. The van der Waals surface area contributed by atoms with E-state index in [9.17, 15) is 10.0 Å². The molecule has 0 saturated heterocycles. The highest BCUT2D eigenvalue weighted by Gasteiger charge is 2.14. The monoisotopic (exact) mass is 246 g/mol. The molecule has 1 N–H and O–H groups in total. The van der Waals surface area contributed by atoms with E-state index in [-0.39, 0.29) is 11.9 Å². The maximum absolute atomic E-state index is 11.9. The van der Waals surface area contributed by atoms with E-state index in [1.54, 1.807) is 0 Å². The molecule has 18 heavy (non-hydrogen) atoms. The Labute approximate surface area is 105 Å². The zero-order valence-electron chi connectivity index (χ0n) is 10.2. The average Bonchev–Trinajstić information content (AvgIpc) is 2.76. The lowest BCUT2D eigenvalue weighted by Gasteiger charge is -2.11.